The number of pyridine rings is 1. The number of hydrogen-bond acceptors (Lipinski definition) is 4. The lowest BCUT2D eigenvalue weighted by Crippen LogP contribution is -2.42. The van der Waals surface area contributed by atoms with E-state index in [4.69, 9.17) is 11.6 Å². The summed E-state index contributed by atoms with van der Waals surface area (Å²) in [5.41, 5.74) is 2.74. The second-order valence-corrected chi connectivity index (χ2v) is 10.6. The van der Waals surface area contributed by atoms with Crippen LogP contribution in [0.1, 0.15) is 50.6 Å². The molecule has 2 aromatic heterocycles. The van der Waals surface area contributed by atoms with Gasteiger partial charge in [0.2, 0.25) is 10.0 Å². The van der Waals surface area contributed by atoms with Crippen LogP contribution in [0.3, 0.4) is 0 Å². The molecule has 3 aromatic rings. The predicted octanol–water partition coefficient (Wildman–Crippen LogP) is 5.96. The van der Waals surface area contributed by atoms with E-state index < -0.39 is 22.2 Å². The third-order valence-corrected chi connectivity index (χ3v) is 7.88. The first-order valence-corrected chi connectivity index (χ1v) is 12.7. The van der Waals surface area contributed by atoms with Gasteiger partial charge >= 0.3 is 6.18 Å². The van der Waals surface area contributed by atoms with Gasteiger partial charge in [-0.25, -0.2) is 8.42 Å². The molecule has 1 fully saturated rings. The third-order valence-electron chi connectivity index (χ3n) is 6.12. The Kier molecular flexibility index (Phi) is 6.64. The highest BCUT2D eigenvalue weighted by atomic mass is 35.5. The first-order chi connectivity index (χ1) is 16.0. The van der Waals surface area contributed by atoms with E-state index in [1.165, 1.54) is 30.5 Å². The molecule has 1 aromatic carbocycles. The molecule has 6 nitrogen and oxygen atoms in total. The summed E-state index contributed by atoms with van der Waals surface area (Å²) in [6.45, 7) is 0.742. The summed E-state index contributed by atoms with van der Waals surface area (Å²) in [6, 6.07) is 7.37. The van der Waals surface area contributed by atoms with Crippen molar-refractivity contribution in [3.8, 4) is 17.3 Å². The SMILES string of the molecule is C[C@H](NS(=O)(=O)c1ccc(-c2c(C#N)c3ncc(Cl)cc3n2C2CCCCC2)cc1)C(F)(F)F. The Bertz CT molecular complexity index is 1360. The van der Waals surface area contributed by atoms with Crippen molar-refractivity contribution in [2.24, 2.45) is 0 Å². The van der Waals surface area contributed by atoms with E-state index in [9.17, 15) is 26.9 Å². The number of halogens is 4. The average molecular weight is 511 g/mol. The van der Waals surface area contributed by atoms with Crippen LogP contribution in [-0.4, -0.2) is 30.2 Å². The molecular formula is C23H22ClF3N4O2S. The molecule has 1 aliphatic rings. The van der Waals surface area contributed by atoms with Crippen molar-refractivity contribution in [2.75, 3.05) is 0 Å². The fourth-order valence-electron chi connectivity index (χ4n) is 4.43. The molecule has 34 heavy (non-hydrogen) atoms. The van der Waals surface area contributed by atoms with E-state index >= 15 is 0 Å². The molecule has 0 aliphatic heterocycles. The molecule has 0 saturated heterocycles. The molecular weight excluding hydrogens is 489 g/mol. The van der Waals surface area contributed by atoms with Crippen molar-refractivity contribution < 1.29 is 21.6 Å². The maximum Gasteiger partial charge on any atom is 0.404 e. The Balaban J connectivity index is 1.82. The van der Waals surface area contributed by atoms with Crippen LogP contribution in [0.25, 0.3) is 22.3 Å². The van der Waals surface area contributed by atoms with E-state index in [2.05, 4.69) is 15.6 Å². The van der Waals surface area contributed by atoms with Crippen molar-refractivity contribution in [3.63, 3.8) is 0 Å². The predicted molar refractivity (Wildman–Crippen MR) is 123 cm³/mol. The summed E-state index contributed by atoms with van der Waals surface area (Å²) < 4.78 is 67.1. The molecule has 0 bridgehead atoms. The lowest BCUT2D eigenvalue weighted by Gasteiger charge is -2.26. The van der Waals surface area contributed by atoms with Crippen molar-refractivity contribution in [1.29, 1.82) is 5.26 Å². The van der Waals surface area contributed by atoms with Crippen molar-refractivity contribution in [2.45, 2.75) is 62.2 Å². The number of sulfonamides is 1. The largest absolute Gasteiger partial charge is 0.404 e. The summed E-state index contributed by atoms with van der Waals surface area (Å²) in [4.78, 5) is 4.08. The van der Waals surface area contributed by atoms with Crippen LogP contribution in [-0.2, 0) is 10.0 Å². The Morgan fingerprint density at radius 3 is 2.44 bits per heavy atom. The fraction of sp³-hybridized carbons (Fsp3) is 0.391. The summed E-state index contributed by atoms with van der Waals surface area (Å²) in [5.74, 6) is 0. The summed E-state index contributed by atoms with van der Waals surface area (Å²) in [6.07, 6.45) is 1.82. The Labute approximate surface area is 200 Å². The van der Waals surface area contributed by atoms with Crippen LogP contribution in [0.5, 0.6) is 0 Å². The van der Waals surface area contributed by atoms with Crippen molar-refractivity contribution >= 4 is 32.7 Å². The first kappa shape index (κ1) is 24.5. The normalized spacial score (nSPS) is 16.5. The maximum atomic E-state index is 12.8. The molecule has 0 amide bonds. The Hall–Kier alpha value is -2.61. The van der Waals surface area contributed by atoms with Gasteiger partial charge in [-0.15, -0.1) is 0 Å². The number of benzene rings is 1. The minimum atomic E-state index is -4.70. The quantitative estimate of drug-likeness (QED) is 0.458. The van der Waals surface area contributed by atoms with E-state index in [-0.39, 0.29) is 10.9 Å². The van der Waals surface area contributed by atoms with E-state index in [1.54, 1.807) is 10.8 Å². The van der Waals surface area contributed by atoms with Crippen molar-refractivity contribution in [1.82, 2.24) is 14.3 Å². The molecule has 11 heteroatoms. The molecule has 1 N–H and O–H groups in total. The molecule has 0 spiro atoms. The monoisotopic (exact) mass is 510 g/mol. The number of fused-ring (bicyclic) bond motifs is 1. The number of nitrogens with one attached hydrogen (secondary N) is 1. The van der Waals surface area contributed by atoms with Gasteiger partial charge in [-0.3, -0.25) is 4.98 Å². The molecule has 2 heterocycles. The number of hydrogen-bond donors (Lipinski definition) is 1. The second kappa shape index (κ2) is 9.21. The van der Waals surface area contributed by atoms with Gasteiger partial charge in [-0.2, -0.15) is 23.2 Å². The Morgan fingerprint density at radius 1 is 1.21 bits per heavy atom. The fourth-order valence-corrected chi connectivity index (χ4v) is 5.81. The molecule has 4 rings (SSSR count). The van der Waals surface area contributed by atoms with E-state index in [0.717, 1.165) is 44.5 Å². The van der Waals surface area contributed by atoms with Gasteiger partial charge < -0.3 is 4.57 Å². The first-order valence-electron chi connectivity index (χ1n) is 10.8. The highest BCUT2D eigenvalue weighted by molar-refractivity contribution is 7.89. The van der Waals surface area contributed by atoms with Gasteiger partial charge in [0.15, 0.2) is 0 Å². The number of rotatable bonds is 5. The van der Waals surface area contributed by atoms with Gasteiger partial charge in [-0.1, -0.05) is 43.0 Å². The van der Waals surface area contributed by atoms with Crippen molar-refractivity contribution in [3.05, 3.63) is 47.1 Å². The number of nitriles is 1. The van der Waals surface area contributed by atoms with E-state index in [0.29, 0.717) is 27.4 Å². The highest BCUT2D eigenvalue weighted by Gasteiger charge is 2.39. The minimum Gasteiger partial charge on any atom is -0.335 e. The number of nitrogens with zero attached hydrogens (tertiary/aromatic N) is 3. The smallest absolute Gasteiger partial charge is 0.335 e. The average Bonchev–Trinajstić information content (AvgIpc) is 3.12. The second-order valence-electron chi connectivity index (χ2n) is 8.43. The standard InChI is InChI=1S/C23H22ClF3N4O2S/c1-14(23(25,26)27)30-34(32,33)18-9-7-15(8-10-18)22-19(12-28)21-20(11-16(24)13-29-21)31(22)17-5-3-2-4-6-17/h7-11,13-14,17,30H,2-6H2,1H3/t14-/m0/s1. The molecule has 0 radical (unpaired) electrons. The lowest BCUT2D eigenvalue weighted by molar-refractivity contribution is -0.147. The van der Waals surface area contributed by atoms with E-state index in [1.807, 2.05) is 0 Å². The van der Waals surface area contributed by atoms with Crippen LogP contribution in [0.2, 0.25) is 5.02 Å². The molecule has 1 atom stereocenters. The van der Waals surface area contributed by atoms with Gasteiger partial charge in [0, 0.05) is 12.2 Å². The van der Waals surface area contributed by atoms with Crippen LogP contribution >= 0.6 is 11.6 Å². The summed E-state index contributed by atoms with van der Waals surface area (Å²) in [5, 5.41) is 10.4. The zero-order valence-corrected chi connectivity index (χ0v) is 19.8. The lowest BCUT2D eigenvalue weighted by atomic mass is 9.94. The van der Waals surface area contributed by atoms with Crippen LogP contribution in [0.4, 0.5) is 13.2 Å². The Morgan fingerprint density at radius 2 is 1.85 bits per heavy atom. The topological polar surface area (TPSA) is 87.8 Å². The summed E-state index contributed by atoms with van der Waals surface area (Å²) in [7, 11) is -4.39. The number of aromatic nitrogens is 2. The zero-order valence-electron chi connectivity index (χ0n) is 18.2. The minimum absolute atomic E-state index is 0.117. The summed E-state index contributed by atoms with van der Waals surface area (Å²) >= 11 is 6.21. The molecule has 1 aliphatic carbocycles. The molecule has 0 unspecified atom stereocenters. The maximum absolute atomic E-state index is 12.8. The zero-order chi connectivity index (χ0) is 24.7. The molecule has 180 valence electrons. The van der Waals surface area contributed by atoms with Gasteiger partial charge in [0.05, 0.1) is 21.1 Å². The third kappa shape index (κ3) is 4.65. The van der Waals surface area contributed by atoms with Crippen LogP contribution < -0.4 is 4.72 Å². The number of alkyl halides is 3. The highest BCUT2D eigenvalue weighted by Crippen LogP contribution is 2.40. The van der Waals surface area contributed by atoms with Crippen LogP contribution in [0, 0.1) is 11.3 Å². The van der Waals surface area contributed by atoms with Gasteiger partial charge in [0.1, 0.15) is 23.2 Å². The van der Waals surface area contributed by atoms with Crippen LogP contribution in [0.15, 0.2) is 41.4 Å². The van der Waals surface area contributed by atoms with Gasteiger partial charge in [-0.05, 0) is 43.5 Å². The molecule has 1 saturated carbocycles. The van der Waals surface area contributed by atoms with Gasteiger partial charge in [0.25, 0.3) is 0 Å².